The molecule has 0 bridgehead atoms. The van der Waals surface area contributed by atoms with E-state index in [1.54, 1.807) is 38.3 Å². The summed E-state index contributed by atoms with van der Waals surface area (Å²) in [7, 11) is 1.65. The molecule has 7 nitrogen and oxygen atoms in total. The van der Waals surface area contributed by atoms with Gasteiger partial charge in [0.2, 0.25) is 0 Å². The van der Waals surface area contributed by atoms with Gasteiger partial charge in [0.15, 0.2) is 34.7 Å². The van der Waals surface area contributed by atoms with Gasteiger partial charge in [-0.05, 0) is 83.0 Å². The van der Waals surface area contributed by atoms with E-state index in [-0.39, 0.29) is 34.7 Å². The van der Waals surface area contributed by atoms with Crippen molar-refractivity contribution in [2.75, 3.05) is 7.11 Å². The largest absolute Gasteiger partial charge is 0.497 e. The lowest BCUT2D eigenvalue weighted by Crippen LogP contribution is -2.03. The predicted octanol–water partition coefficient (Wildman–Crippen LogP) is 8.45. The summed E-state index contributed by atoms with van der Waals surface area (Å²) in [5, 5.41) is 0. The average Bonchev–Trinajstić information content (AvgIpc) is 3.04. The fourth-order valence-electron chi connectivity index (χ4n) is 3.91. The van der Waals surface area contributed by atoms with Gasteiger partial charge in [-0.2, -0.15) is 0 Å². The fraction of sp³-hybridized carbons (Fsp3) is 0.179. The summed E-state index contributed by atoms with van der Waals surface area (Å²) in [4.78, 5) is 66.4. The van der Waals surface area contributed by atoms with Gasteiger partial charge in [-0.25, -0.2) is 0 Å². The molecule has 4 aromatic rings. The number of hydrogen-bond acceptors (Lipinski definition) is 7. The van der Waals surface area contributed by atoms with Crippen molar-refractivity contribution in [2.24, 2.45) is 0 Å². The van der Waals surface area contributed by atoms with Crippen molar-refractivity contribution in [1.82, 2.24) is 0 Å². The third-order valence-corrected chi connectivity index (χ3v) is 6.75. The van der Waals surface area contributed by atoms with E-state index in [9.17, 15) is 28.8 Å². The van der Waals surface area contributed by atoms with E-state index in [1.807, 2.05) is 60.7 Å². The Kier molecular flexibility index (Phi) is 14.1. The number of ether oxygens (including phenoxy) is 1. The summed E-state index contributed by atoms with van der Waals surface area (Å²) < 4.78 is 5.11. The van der Waals surface area contributed by atoms with Gasteiger partial charge >= 0.3 is 0 Å². The highest BCUT2D eigenvalue weighted by molar-refractivity contribution is 6.04. The number of hydrogen-bond donors (Lipinski definition) is 0. The van der Waals surface area contributed by atoms with Crippen molar-refractivity contribution >= 4 is 46.9 Å². The van der Waals surface area contributed by atoms with Crippen molar-refractivity contribution in [1.29, 1.82) is 0 Å². The number of methoxy groups -OCH3 is 1. The zero-order chi connectivity index (χ0) is 34.4. The lowest BCUT2D eigenvalue weighted by Gasteiger charge is -2.03. The second-order valence-corrected chi connectivity index (χ2v) is 10.4. The van der Waals surface area contributed by atoms with Gasteiger partial charge in [0, 0.05) is 33.4 Å². The van der Waals surface area contributed by atoms with Crippen LogP contribution in [0.25, 0.3) is 12.2 Å². The van der Waals surface area contributed by atoms with Gasteiger partial charge in [0.25, 0.3) is 0 Å². The standard InChI is InChI=1S/C17H16O2.C12H12O3.C10H10O2/c1-13(18)16-9-5-14(6-10-16)3-4-15-7-11-17(19-2)12-8-15;1-7(13)10-4-11(8(2)14)6-12(5-10)9(3)15;1-7(11)9-3-5-10(6-4-9)8(2)12/h3-12H,1-2H3;4-6H,1-3H3;3-6H,1-2H3. The molecule has 0 heterocycles. The molecule has 0 spiro atoms. The first-order chi connectivity index (χ1) is 21.7. The van der Waals surface area contributed by atoms with E-state index in [1.165, 1.54) is 52.8 Å². The maximum Gasteiger partial charge on any atom is 0.159 e. The Morgan fingerprint density at radius 2 is 0.630 bits per heavy atom. The topological polar surface area (TPSA) is 112 Å². The maximum absolute atomic E-state index is 11.2. The molecule has 0 aliphatic rings. The van der Waals surface area contributed by atoms with Crippen LogP contribution in [-0.2, 0) is 0 Å². The highest BCUT2D eigenvalue weighted by atomic mass is 16.5. The maximum atomic E-state index is 11.2. The zero-order valence-corrected chi connectivity index (χ0v) is 27.2. The van der Waals surface area contributed by atoms with Crippen LogP contribution in [0.2, 0.25) is 0 Å². The van der Waals surface area contributed by atoms with Crippen molar-refractivity contribution < 1.29 is 33.5 Å². The number of ketones is 6. The molecule has 4 rings (SSSR count). The third-order valence-electron chi connectivity index (χ3n) is 6.75. The first kappa shape index (κ1) is 36.6. The third kappa shape index (κ3) is 11.8. The Hall–Kier alpha value is -5.56. The fourth-order valence-corrected chi connectivity index (χ4v) is 3.91. The van der Waals surface area contributed by atoms with E-state index in [0.717, 1.165) is 22.4 Å². The number of carbonyl (C=O) groups excluding carboxylic acids is 6. The normalized spacial score (nSPS) is 10.1. The molecular formula is C39H38O7. The van der Waals surface area contributed by atoms with Crippen LogP contribution in [0.15, 0.2) is 91.0 Å². The molecule has 0 aliphatic heterocycles. The van der Waals surface area contributed by atoms with Gasteiger partial charge in [0.1, 0.15) is 5.75 Å². The van der Waals surface area contributed by atoms with Crippen LogP contribution in [0.1, 0.15) is 115 Å². The Morgan fingerprint density at radius 1 is 0.391 bits per heavy atom. The van der Waals surface area contributed by atoms with E-state index in [4.69, 9.17) is 4.74 Å². The minimum atomic E-state index is -0.152. The molecule has 0 fully saturated rings. The van der Waals surface area contributed by atoms with Crippen LogP contribution < -0.4 is 4.74 Å². The van der Waals surface area contributed by atoms with Crippen LogP contribution in [0, 0.1) is 0 Å². The molecule has 0 atom stereocenters. The van der Waals surface area contributed by atoms with Crippen LogP contribution in [0.5, 0.6) is 5.75 Å². The average molecular weight is 619 g/mol. The van der Waals surface area contributed by atoms with E-state index in [2.05, 4.69) is 0 Å². The SMILES string of the molecule is CC(=O)c1cc(C(C)=O)cc(C(C)=O)c1.CC(=O)c1ccc(C(C)=O)cc1.COc1ccc(C=Cc2ccc(C(C)=O)cc2)cc1. The number of carbonyl (C=O) groups is 6. The first-order valence-electron chi connectivity index (χ1n) is 14.4. The van der Waals surface area contributed by atoms with E-state index < -0.39 is 0 Å². The molecule has 0 amide bonds. The molecule has 236 valence electrons. The molecule has 0 radical (unpaired) electrons. The van der Waals surface area contributed by atoms with Crippen LogP contribution in [0.3, 0.4) is 0 Å². The smallest absolute Gasteiger partial charge is 0.159 e. The molecule has 46 heavy (non-hydrogen) atoms. The van der Waals surface area contributed by atoms with Crippen molar-refractivity contribution in [3.63, 3.8) is 0 Å². The van der Waals surface area contributed by atoms with Gasteiger partial charge in [-0.3, -0.25) is 28.8 Å². The molecule has 0 aromatic heterocycles. The summed E-state index contributed by atoms with van der Waals surface area (Å²) in [5.41, 5.74) is 5.38. The summed E-state index contributed by atoms with van der Waals surface area (Å²) in [6.07, 6.45) is 4.05. The Bertz CT molecular complexity index is 1630. The zero-order valence-electron chi connectivity index (χ0n) is 27.2. The first-order valence-corrected chi connectivity index (χ1v) is 14.4. The molecule has 0 N–H and O–H groups in total. The monoisotopic (exact) mass is 618 g/mol. The minimum Gasteiger partial charge on any atom is -0.497 e. The number of rotatable bonds is 9. The van der Waals surface area contributed by atoms with E-state index >= 15 is 0 Å². The summed E-state index contributed by atoms with van der Waals surface area (Å²) in [6.45, 7) is 8.79. The molecule has 0 saturated heterocycles. The Balaban J connectivity index is 0.000000247. The number of Topliss-reactive ketones (excluding diaryl/α,β-unsaturated/α-hetero) is 6. The molecular weight excluding hydrogens is 580 g/mol. The van der Waals surface area contributed by atoms with Crippen molar-refractivity contribution in [3.8, 4) is 5.75 Å². The van der Waals surface area contributed by atoms with E-state index in [0.29, 0.717) is 27.8 Å². The lowest BCUT2D eigenvalue weighted by atomic mass is 10.00. The minimum absolute atomic E-state index is 0.0186. The summed E-state index contributed by atoms with van der Waals surface area (Å²) in [5.74, 6) is 0.519. The molecule has 0 unspecified atom stereocenters. The lowest BCUT2D eigenvalue weighted by molar-refractivity contribution is 0.0997. The Labute approximate surface area is 269 Å². The highest BCUT2D eigenvalue weighted by Gasteiger charge is 2.10. The van der Waals surface area contributed by atoms with Crippen LogP contribution in [0.4, 0.5) is 0 Å². The van der Waals surface area contributed by atoms with Crippen LogP contribution >= 0.6 is 0 Å². The summed E-state index contributed by atoms with van der Waals surface area (Å²) >= 11 is 0. The summed E-state index contributed by atoms with van der Waals surface area (Å²) in [6, 6.07) is 26.6. The molecule has 4 aromatic carbocycles. The molecule has 0 saturated carbocycles. The Morgan fingerprint density at radius 3 is 0.870 bits per heavy atom. The molecule has 7 heteroatoms. The second-order valence-electron chi connectivity index (χ2n) is 10.4. The predicted molar refractivity (Wildman–Crippen MR) is 181 cm³/mol. The number of benzene rings is 4. The van der Waals surface area contributed by atoms with Gasteiger partial charge < -0.3 is 4.74 Å². The van der Waals surface area contributed by atoms with Crippen molar-refractivity contribution in [3.05, 3.63) is 136 Å². The van der Waals surface area contributed by atoms with Gasteiger partial charge in [-0.15, -0.1) is 0 Å². The van der Waals surface area contributed by atoms with Crippen molar-refractivity contribution in [2.45, 2.75) is 41.5 Å². The van der Waals surface area contributed by atoms with Gasteiger partial charge in [0.05, 0.1) is 7.11 Å². The second kappa shape index (κ2) is 17.7. The molecule has 0 aliphatic carbocycles. The van der Waals surface area contributed by atoms with Gasteiger partial charge in [-0.1, -0.05) is 72.8 Å². The van der Waals surface area contributed by atoms with Crippen LogP contribution in [-0.4, -0.2) is 41.8 Å². The highest BCUT2D eigenvalue weighted by Crippen LogP contribution is 2.15. The quantitative estimate of drug-likeness (QED) is 0.137.